The highest BCUT2D eigenvalue weighted by Gasteiger charge is 2.47. The summed E-state index contributed by atoms with van der Waals surface area (Å²) in [7, 11) is -3.73. The summed E-state index contributed by atoms with van der Waals surface area (Å²) in [5.41, 5.74) is 1.82. The molecule has 1 amide bonds. The fourth-order valence-corrected chi connectivity index (χ4v) is 7.58. The van der Waals surface area contributed by atoms with E-state index in [1.54, 1.807) is 31.2 Å². The molecule has 0 radical (unpaired) electrons. The highest BCUT2D eigenvalue weighted by atomic mass is 35.5. The second-order valence-corrected chi connectivity index (χ2v) is 13.1. The third-order valence-corrected chi connectivity index (χ3v) is 9.88. The van der Waals surface area contributed by atoms with Gasteiger partial charge in [-0.2, -0.15) is 18.4 Å². The molecule has 0 saturated carbocycles. The molecule has 2 saturated heterocycles. The number of hydrogen-bond donors (Lipinski definition) is 2. The van der Waals surface area contributed by atoms with Gasteiger partial charge in [-0.25, -0.2) is 13.1 Å². The van der Waals surface area contributed by atoms with Crippen LogP contribution in [0.1, 0.15) is 42.6 Å². The molecule has 9 nitrogen and oxygen atoms in total. The number of nitriles is 1. The van der Waals surface area contributed by atoms with E-state index in [2.05, 4.69) is 16.1 Å². The van der Waals surface area contributed by atoms with Crippen molar-refractivity contribution in [1.82, 2.24) is 19.8 Å². The molecule has 3 atom stereocenters. The molecule has 0 aromatic heterocycles. The van der Waals surface area contributed by atoms with E-state index in [0.717, 1.165) is 23.6 Å². The number of sulfonamides is 1. The smallest absolute Gasteiger partial charge is 0.471 e. The summed E-state index contributed by atoms with van der Waals surface area (Å²) in [4.78, 5) is 14.8. The van der Waals surface area contributed by atoms with Gasteiger partial charge in [0.2, 0.25) is 10.0 Å². The molecule has 2 heterocycles. The number of hydrogen-bond acceptors (Lipinski definition) is 7. The number of carbonyl (C=O) groups excluding carboxylic acids is 1. The fraction of sp³-hybridized carbons (Fsp3) is 0.500. The number of nitrogens with one attached hydrogen (secondary N) is 2. The Hall–Kier alpha value is -2.89. The molecular formula is C28H31ClF3N5O4S. The Labute approximate surface area is 247 Å². The summed E-state index contributed by atoms with van der Waals surface area (Å²) in [6.45, 7) is 3.31. The van der Waals surface area contributed by atoms with E-state index in [1.807, 2.05) is 4.90 Å². The maximum Gasteiger partial charge on any atom is 0.471 e. The molecule has 14 heteroatoms. The molecule has 226 valence electrons. The second-order valence-electron chi connectivity index (χ2n) is 10.9. The van der Waals surface area contributed by atoms with Gasteiger partial charge in [-0.3, -0.25) is 9.69 Å². The number of nitrogens with zero attached hydrogens (tertiary/aromatic N) is 3. The van der Waals surface area contributed by atoms with Crippen molar-refractivity contribution < 1.29 is 31.1 Å². The standard InChI is InChI=1S/C28H31ClF3N5O4S/c1-17-16-36(10-11-37(17)27(38)28(30,31)32)25-14-23-18(15-33)12-19(29)13-24(23)26(25)41-21-2-4-22(5-3-21)42(39,40)35-20-6-8-34-9-7-20/h2-5,12-13,17,20,25-26,34-35H,6-11,14,16H2,1H3/t17-,25+,26+/m1/s1. The van der Waals surface area contributed by atoms with Crippen LogP contribution in [0.2, 0.25) is 5.02 Å². The first-order valence-electron chi connectivity index (χ1n) is 13.7. The molecule has 0 bridgehead atoms. The van der Waals surface area contributed by atoms with E-state index in [4.69, 9.17) is 16.3 Å². The normalized spacial score (nSPS) is 23.8. The van der Waals surface area contributed by atoms with Crippen molar-refractivity contribution in [3.63, 3.8) is 0 Å². The quantitative estimate of drug-likeness (QED) is 0.506. The van der Waals surface area contributed by atoms with Crippen molar-refractivity contribution >= 4 is 27.5 Å². The first kappa shape index (κ1) is 30.6. The number of carbonyl (C=O) groups is 1. The highest BCUT2D eigenvalue weighted by molar-refractivity contribution is 7.89. The minimum atomic E-state index is -4.95. The summed E-state index contributed by atoms with van der Waals surface area (Å²) >= 11 is 6.33. The molecule has 5 rings (SSSR count). The van der Waals surface area contributed by atoms with Crippen LogP contribution in [-0.4, -0.2) is 81.2 Å². The van der Waals surface area contributed by atoms with Crippen LogP contribution < -0.4 is 14.8 Å². The lowest BCUT2D eigenvalue weighted by Gasteiger charge is -2.43. The molecule has 2 aromatic carbocycles. The third-order valence-electron chi connectivity index (χ3n) is 8.13. The highest BCUT2D eigenvalue weighted by Crippen LogP contribution is 2.42. The second kappa shape index (κ2) is 12.0. The van der Waals surface area contributed by atoms with Gasteiger partial charge in [-0.05, 0) is 86.8 Å². The zero-order valence-electron chi connectivity index (χ0n) is 22.8. The summed E-state index contributed by atoms with van der Waals surface area (Å²) in [6.07, 6.45) is -3.79. The molecular weight excluding hydrogens is 595 g/mol. The summed E-state index contributed by atoms with van der Waals surface area (Å²) < 4.78 is 74.4. The van der Waals surface area contributed by atoms with E-state index in [9.17, 15) is 31.6 Å². The third kappa shape index (κ3) is 6.38. The van der Waals surface area contributed by atoms with Crippen molar-refractivity contribution in [3.05, 3.63) is 58.1 Å². The molecule has 2 aliphatic heterocycles. The predicted octanol–water partition coefficient (Wildman–Crippen LogP) is 3.38. The fourth-order valence-electron chi connectivity index (χ4n) is 6.05. The zero-order valence-corrected chi connectivity index (χ0v) is 24.4. The number of benzene rings is 2. The van der Waals surface area contributed by atoms with Gasteiger partial charge in [0.25, 0.3) is 0 Å². The first-order valence-corrected chi connectivity index (χ1v) is 15.6. The Morgan fingerprint density at radius 3 is 2.48 bits per heavy atom. The molecule has 3 aliphatic rings. The van der Waals surface area contributed by atoms with Gasteiger partial charge >= 0.3 is 12.1 Å². The summed E-state index contributed by atoms with van der Waals surface area (Å²) in [6, 6.07) is 10.3. The number of amides is 1. The summed E-state index contributed by atoms with van der Waals surface area (Å²) in [5.74, 6) is -1.48. The van der Waals surface area contributed by atoms with Crippen molar-refractivity contribution in [2.45, 2.75) is 61.5 Å². The van der Waals surface area contributed by atoms with Gasteiger partial charge in [0.1, 0.15) is 11.9 Å². The lowest BCUT2D eigenvalue weighted by atomic mass is 10.0. The topological polar surface area (TPSA) is 115 Å². The number of piperidine rings is 1. The van der Waals surface area contributed by atoms with Crippen LogP contribution >= 0.6 is 11.6 Å². The van der Waals surface area contributed by atoms with E-state index < -0.39 is 34.3 Å². The van der Waals surface area contributed by atoms with Crippen molar-refractivity contribution in [2.24, 2.45) is 0 Å². The van der Waals surface area contributed by atoms with Crippen LogP contribution in [-0.2, 0) is 21.2 Å². The molecule has 0 spiro atoms. The van der Waals surface area contributed by atoms with Gasteiger partial charge < -0.3 is 15.0 Å². The van der Waals surface area contributed by atoms with E-state index in [1.165, 1.54) is 12.1 Å². The van der Waals surface area contributed by atoms with Gasteiger partial charge in [-0.1, -0.05) is 11.6 Å². The lowest BCUT2D eigenvalue weighted by molar-refractivity contribution is -0.190. The largest absolute Gasteiger partial charge is 0.484 e. The number of piperazine rings is 1. The Balaban J connectivity index is 1.38. The van der Waals surface area contributed by atoms with Crippen LogP contribution in [0.25, 0.3) is 0 Å². The van der Waals surface area contributed by atoms with E-state index >= 15 is 0 Å². The maximum absolute atomic E-state index is 13.1. The van der Waals surface area contributed by atoms with Crippen molar-refractivity contribution in [1.29, 1.82) is 5.26 Å². The number of rotatable bonds is 6. The molecule has 2 N–H and O–H groups in total. The molecule has 42 heavy (non-hydrogen) atoms. The van der Waals surface area contributed by atoms with Crippen molar-refractivity contribution in [3.8, 4) is 11.8 Å². The average Bonchev–Trinajstić information content (AvgIpc) is 3.30. The zero-order chi connectivity index (χ0) is 30.2. The molecule has 0 unspecified atom stereocenters. The lowest BCUT2D eigenvalue weighted by Crippen LogP contribution is -2.59. The molecule has 2 aromatic rings. The van der Waals surface area contributed by atoms with Crippen molar-refractivity contribution in [2.75, 3.05) is 32.7 Å². The van der Waals surface area contributed by atoms with Crippen LogP contribution in [0.4, 0.5) is 13.2 Å². The monoisotopic (exact) mass is 625 g/mol. The Morgan fingerprint density at radius 2 is 1.86 bits per heavy atom. The number of halogens is 4. The van der Waals surface area contributed by atoms with E-state index in [0.29, 0.717) is 41.2 Å². The van der Waals surface area contributed by atoms with Gasteiger partial charge in [-0.15, -0.1) is 0 Å². The Bertz CT molecular complexity index is 1480. The number of alkyl halides is 3. The predicted molar refractivity (Wildman–Crippen MR) is 148 cm³/mol. The molecule has 2 fully saturated rings. The van der Waals surface area contributed by atoms with Crippen LogP contribution in [0.15, 0.2) is 41.3 Å². The van der Waals surface area contributed by atoms with E-state index in [-0.39, 0.29) is 36.6 Å². The Kier molecular flexibility index (Phi) is 8.74. The van der Waals surface area contributed by atoms with Crippen LogP contribution in [0.3, 0.4) is 0 Å². The van der Waals surface area contributed by atoms with Crippen LogP contribution in [0.5, 0.6) is 5.75 Å². The summed E-state index contributed by atoms with van der Waals surface area (Å²) in [5, 5.41) is 13.3. The number of ether oxygens (including phenoxy) is 1. The van der Waals surface area contributed by atoms with Gasteiger partial charge in [0, 0.05) is 36.7 Å². The SMILES string of the molecule is C[C@@H]1CN([C@H]2Cc3c(C#N)cc(Cl)cc3[C@@H]2Oc2ccc(S(=O)(=O)NC3CCNCC3)cc2)CCN1C(=O)C(F)(F)F. The first-order chi connectivity index (χ1) is 19.9. The minimum Gasteiger partial charge on any atom is -0.484 e. The number of fused-ring (bicyclic) bond motifs is 1. The van der Waals surface area contributed by atoms with Gasteiger partial charge in [0.05, 0.1) is 22.6 Å². The molecule has 1 aliphatic carbocycles. The van der Waals surface area contributed by atoms with Gasteiger partial charge in [0.15, 0.2) is 0 Å². The minimum absolute atomic E-state index is 0.103. The average molecular weight is 626 g/mol. The maximum atomic E-state index is 13.1. The Morgan fingerprint density at radius 1 is 1.17 bits per heavy atom. The van der Waals surface area contributed by atoms with Crippen LogP contribution in [0, 0.1) is 11.3 Å².